The molecule has 0 aromatic heterocycles. The minimum atomic E-state index is 0.525. The molecule has 1 aromatic rings. The summed E-state index contributed by atoms with van der Waals surface area (Å²) in [6.45, 7) is 5.18. The molecule has 6 heteroatoms. The second-order valence-electron chi connectivity index (χ2n) is 6.97. The van der Waals surface area contributed by atoms with Gasteiger partial charge in [0.1, 0.15) is 12.4 Å². The SMILES string of the molecule is CCNC(=NCc1ccccc1OCCN(C)C)NC1CCC(SC)C1. The zero-order chi connectivity index (χ0) is 18.8. The molecular weight excluding hydrogens is 344 g/mol. The van der Waals surface area contributed by atoms with Gasteiger partial charge in [-0.15, -0.1) is 0 Å². The van der Waals surface area contributed by atoms with Crippen molar-refractivity contribution in [2.24, 2.45) is 4.99 Å². The highest BCUT2D eigenvalue weighted by Crippen LogP contribution is 2.28. The fourth-order valence-electron chi connectivity index (χ4n) is 3.08. The molecule has 0 heterocycles. The van der Waals surface area contributed by atoms with Crippen LogP contribution in [-0.4, -0.2) is 62.2 Å². The summed E-state index contributed by atoms with van der Waals surface area (Å²) in [5.74, 6) is 1.83. The normalized spacial score (nSPS) is 20.4. The van der Waals surface area contributed by atoms with Crippen molar-refractivity contribution >= 4 is 17.7 Å². The maximum absolute atomic E-state index is 5.95. The number of guanidine groups is 1. The number of aliphatic imine (C=N–C) groups is 1. The number of likely N-dealkylation sites (N-methyl/N-ethyl adjacent to an activating group) is 1. The molecular formula is C20H34N4OS. The molecule has 5 nitrogen and oxygen atoms in total. The zero-order valence-electron chi connectivity index (χ0n) is 16.6. The molecule has 146 valence electrons. The van der Waals surface area contributed by atoms with Crippen LogP contribution >= 0.6 is 11.8 Å². The summed E-state index contributed by atoms with van der Waals surface area (Å²) in [6, 6.07) is 8.71. The molecule has 0 bridgehead atoms. The molecule has 1 saturated carbocycles. The molecule has 2 atom stereocenters. The fraction of sp³-hybridized carbons (Fsp3) is 0.650. The lowest BCUT2D eigenvalue weighted by Gasteiger charge is -2.18. The van der Waals surface area contributed by atoms with E-state index in [9.17, 15) is 0 Å². The zero-order valence-corrected chi connectivity index (χ0v) is 17.4. The van der Waals surface area contributed by atoms with Crippen LogP contribution in [0.3, 0.4) is 0 Å². The minimum Gasteiger partial charge on any atom is -0.492 e. The van der Waals surface area contributed by atoms with Crippen molar-refractivity contribution in [1.29, 1.82) is 0 Å². The van der Waals surface area contributed by atoms with E-state index < -0.39 is 0 Å². The number of ether oxygens (including phenoxy) is 1. The molecule has 0 aliphatic heterocycles. The Kier molecular flexibility index (Phi) is 9.12. The van der Waals surface area contributed by atoms with E-state index in [0.717, 1.165) is 35.6 Å². The van der Waals surface area contributed by atoms with Crippen LogP contribution in [0.2, 0.25) is 0 Å². The topological polar surface area (TPSA) is 48.9 Å². The molecule has 1 aliphatic rings. The number of hydrogen-bond acceptors (Lipinski definition) is 4. The van der Waals surface area contributed by atoms with Gasteiger partial charge in [-0.1, -0.05) is 18.2 Å². The van der Waals surface area contributed by atoms with Crippen molar-refractivity contribution < 1.29 is 4.74 Å². The van der Waals surface area contributed by atoms with Gasteiger partial charge < -0.3 is 20.3 Å². The van der Waals surface area contributed by atoms with Gasteiger partial charge in [-0.25, -0.2) is 4.99 Å². The van der Waals surface area contributed by atoms with Crippen molar-refractivity contribution in [1.82, 2.24) is 15.5 Å². The van der Waals surface area contributed by atoms with Crippen molar-refractivity contribution in [2.75, 3.05) is 40.0 Å². The maximum atomic E-state index is 5.95. The van der Waals surface area contributed by atoms with E-state index >= 15 is 0 Å². The van der Waals surface area contributed by atoms with Crippen molar-refractivity contribution in [3.63, 3.8) is 0 Å². The third kappa shape index (κ3) is 7.08. The maximum Gasteiger partial charge on any atom is 0.191 e. The van der Waals surface area contributed by atoms with E-state index in [1.807, 2.05) is 30.0 Å². The van der Waals surface area contributed by atoms with E-state index in [-0.39, 0.29) is 0 Å². The molecule has 1 aromatic carbocycles. The van der Waals surface area contributed by atoms with Crippen LogP contribution in [-0.2, 0) is 6.54 Å². The molecule has 2 unspecified atom stereocenters. The van der Waals surface area contributed by atoms with Crippen molar-refractivity contribution in [3.8, 4) is 5.75 Å². The molecule has 1 fully saturated rings. The summed E-state index contributed by atoms with van der Waals surface area (Å²) < 4.78 is 5.95. The third-order valence-electron chi connectivity index (χ3n) is 4.58. The van der Waals surface area contributed by atoms with Crippen LogP contribution in [0.25, 0.3) is 0 Å². The number of para-hydroxylation sites is 1. The monoisotopic (exact) mass is 378 g/mol. The smallest absolute Gasteiger partial charge is 0.191 e. The first kappa shape index (κ1) is 20.9. The molecule has 2 N–H and O–H groups in total. The van der Waals surface area contributed by atoms with Crippen LogP contribution in [0.5, 0.6) is 5.75 Å². The summed E-state index contributed by atoms with van der Waals surface area (Å²) in [7, 11) is 4.11. The number of benzene rings is 1. The van der Waals surface area contributed by atoms with Crippen LogP contribution in [0.4, 0.5) is 0 Å². The highest BCUT2D eigenvalue weighted by molar-refractivity contribution is 7.99. The Morgan fingerprint density at radius 3 is 2.81 bits per heavy atom. The second kappa shape index (κ2) is 11.3. The Bertz CT molecular complexity index is 564. The van der Waals surface area contributed by atoms with Gasteiger partial charge in [-0.05, 0) is 52.6 Å². The molecule has 0 amide bonds. The Balaban J connectivity index is 1.95. The first-order valence-corrected chi connectivity index (χ1v) is 10.8. The van der Waals surface area contributed by atoms with Crippen molar-refractivity contribution in [2.45, 2.75) is 44.0 Å². The molecule has 2 rings (SSSR count). The van der Waals surface area contributed by atoms with Gasteiger partial charge in [0.2, 0.25) is 0 Å². The van der Waals surface area contributed by atoms with Gasteiger partial charge in [0.05, 0.1) is 6.54 Å². The lowest BCUT2D eigenvalue weighted by atomic mass is 10.2. The number of nitrogens with zero attached hydrogens (tertiary/aromatic N) is 2. The van der Waals surface area contributed by atoms with Gasteiger partial charge in [0.15, 0.2) is 5.96 Å². The summed E-state index contributed by atoms with van der Waals surface area (Å²) in [4.78, 5) is 6.92. The highest BCUT2D eigenvalue weighted by Gasteiger charge is 2.24. The summed E-state index contributed by atoms with van der Waals surface area (Å²) in [6.07, 6.45) is 5.94. The van der Waals surface area contributed by atoms with E-state index in [0.29, 0.717) is 19.2 Å². The van der Waals surface area contributed by atoms with E-state index in [1.165, 1.54) is 19.3 Å². The summed E-state index contributed by atoms with van der Waals surface area (Å²) in [5.41, 5.74) is 1.12. The first-order chi connectivity index (χ1) is 12.6. The Morgan fingerprint density at radius 2 is 2.12 bits per heavy atom. The predicted octanol–water partition coefficient (Wildman–Crippen LogP) is 2.97. The van der Waals surface area contributed by atoms with E-state index in [4.69, 9.17) is 9.73 Å². The Hall–Kier alpha value is -1.40. The average molecular weight is 379 g/mol. The van der Waals surface area contributed by atoms with E-state index in [1.54, 1.807) is 0 Å². The fourth-order valence-corrected chi connectivity index (χ4v) is 3.87. The van der Waals surface area contributed by atoms with Gasteiger partial charge in [-0.2, -0.15) is 11.8 Å². The molecule has 26 heavy (non-hydrogen) atoms. The predicted molar refractivity (Wildman–Crippen MR) is 113 cm³/mol. The highest BCUT2D eigenvalue weighted by atomic mass is 32.2. The van der Waals surface area contributed by atoms with Crippen LogP contribution < -0.4 is 15.4 Å². The number of rotatable bonds is 9. The lowest BCUT2D eigenvalue weighted by molar-refractivity contribution is 0.259. The van der Waals surface area contributed by atoms with E-state index in [2.05, 4.69) is 48.9 Å². The standard InChI is InChI=1S/C20H34N4OS/c1-5-21-20(23-17-10-11-18(14-17)26-4)22-15-16-8-6-7-9-19(16)25-13-12-24(2)3/h6-9,17-18H,5,10-15H2,1-4H3,(H2,21,22,23). The van der Waals surface area contributed by atoms with Gasteiger partial charge >= 0.3 is 0 Å². The van der Waals surface area contributed by atoms with Crippen LogP contribution in [0.1, 0.15) is 31.7 Å². The quantitative estimate of drug-likeness (QED) is 0.511. The largest absolute Gasteiger partial charge is 0.492 e. The second-order valence-corrected chi connectivity index (χ2v) is 8.10. The van der Waals surface area contributed by atoms with Crippen LogP contribution in [0.15, 0.2) is 29.3 Å². The summed E-state index contributed by atoms with van der Waals surface area (Å²) in [5, 5.41) is 7.76. The lowest BCUT2D eigenvalue weighted by Crippen LogP contribution is -2.42. The number of hydrogen-bond donors (Lipinski definition) is 2. The number of thioether (sulfide) groups is 1. The van der Waals surface area contributed by atoms with Crippen molar-refractivity contribution in [3.05, 3.63) is 29.8 Å². The summed E-state index contributed by atoms with van der Waals surface area (Å²) >= 11 is 1.98. The number of nitrogens with one attached hydrogen (secondary N) is 2. The Labute approximate surface area is 163 Å². The third-order valence-corrected chi connectivity index (χ3v) is 5.67. The molecule has 0 saturated heterocycles. The van der Waals surface area contributed by atoms with Gasteiger partial charge in [0.25, 0.3) is 0 Å². The molecule has 1 aliphatic carbocycles. The van der Waals surface area contributed by atoms with Gasteiger partial charge in [-0.3, -0.25) is 0 Å². The van der Waals surface area contributed by atoms with Crippen LogP contribution in [0, 0.1) is 0 Å². The Morgan fingerprint density at radius 1 is 1.31 bits per heavy atom. The molecule has 0 radical (unpaired) electrons. The minimum absolute atomic E-state index is 0.525. The van der Waals surface area contributed by atoms with Gasteiger partial charge in [0, 0.05) is 29.9 Å². The first-order valence-electron chi connectivity index (χ1n) is 9.55. The average Bonchev–Trinajstić information content (AvgIpc) is 3.08. The molecule has 0 spiro atoms.